The molecule has 0 fully saturated rings. The molecular weight excluding hydrogens is 450 g/mol. The van der Waals surface area contributed by atoms with E-state index < -0.39 is 11.7 Å². The van der Waals surface area contributed by atoms with E-state index in [4.69, 9.17) is 16.3 Å². The van der Waals surface area contributed by atoms with Gasteiger partial charge in [0, 0.05) is 52.7 Å². The van der Waals surface area contributed by atoms with Gasteiger partial charge in [0.1, 0.15) is 0 Å². The largest absolute Gasteiger partial charge is 0.481 e. The number of Topliss-reactive ketones (excluding diaryl/α,β-unsaturated/α-hetero) is 1. The summed E-state index contributed by atoms with van der Waals surface area (Å²) in [5.74, 6) is -1.12. The molecule has 34 heavy (non-hydrogen) atoms. The number of allylic oxidation sites excluding steroid dienone is 1. The number of hydrogen-bond acceptors (Lipinski definition) is 5. The minimum atomic E-state index is -0.691. The van der Waals surface area contributed by atoms with Crippen LogP contribution in [0.25, 0.3) is 0 Å². The molecule has 3 aromatic rings. The number of methoxy groups -OCH3 is 1. The van der Waals surface area contributed by atoms with Crippen molar-refractivity contribution in [2.75, 3.05) is 12.4 Å². The molecule has 0 bridgehead atoms. The van der Waals surface area contributed by atoms with Crippen LogP contribution >= 0.6 is 11.6 Å². The van der Waals surface area contributed by atoms with Gasteiger partial charge >= 0.3 is 0 Å². The Kier molecular flexibility index (Phi) is 6.98. The number of pyridine rings is 1. The maximum Gasteiger partial charge on any atom is 0.296 e. The number of aromatic nitrogens is 1. The molecule has 0 radical (unpaired) electrons. The molecule has 2 atom stereocenters. The minimum Gasteiger partial charge on any atom is -0.481 e. The van der Waals surface area contributed by atoms with Crippen LogP contribution in [-0.2, 0) is 16.1 Å². The predicted octanol–water partition coefficient (Wildman–Crippen LogP) is 5.21. The molecule has 1 aliphatic rings. The monoisotopic (exact) mass is 475 g/mol. The Morgan fingerprint density at radius 3 is 2.47 bits per heavy atom. The fourth-order valence-corrected chi connectivity index (χ4v) is 4.60. The second-order valence-electron chi connectivity index (χ2n) is 8.25. The first-order chi connectivity index (χ1) is 16.4. The molecule has 1 N–H and O–H groups in total. The second kappa shape index (κ2) is 10.1. The zero-order valence-electron chi connectivity index (χ0n) is 19.3. The molecule has 174 valence electrons. The van der Waals surface area contributed by atoms with Crippen molar-refractivity contribution in [1.29, 1.82) is 0 Å². The van der Waals surface area contributed by atoms with Crippen molar-refractivity contribution >= 4 is 29.0 Å². The number of amides is 1. The lowest BCUT2D eigenvalue weighted by Gasteiger charge is -2.29. The van der Waals surface area contributed by atoms with Crippen LogP contribution in [0.3, 0.4) is 0 Å². The first-order valence-electron chi connectivity index (χ1n) is 11.0. The van der Waals surface area contributed by atoms with E-state index in [0.29, 0.717) is 28.7 Å². The lowest BCUT2D eigenvalue weighted by molar-refractivity contribution is -0.132. The molecule has 2 aromatic carbocycles. The van der Waals surface area contributed by atoms with E-state index >= 15 is 0 Å². The third-order valence-electron chi connectivity index (χ3n) is 6.18. The van der Waals surface area contributed by atoms with Gasteiger partial charge in [-0.3, -0.25) is 9.59 Å². The third-order valence-corrected chi connectivity index (χ3v) is 6.44. The van der Waals surface area contributed by atoms with E-state index in [0.717, 1.165) is 16.8 Å². The maximum absolute atomic E-state index is 13.5. The van der Waals surface area contributed by atoms with Gasteiger partial charge in [-0.25, -0.2) is 4.98 Å². The second-order valence-corrected chi connectivity index (χ2v) is 8.69. The SMILES string of the molecule is COc1cc(NC(=O)C(=O)C2=C(C)N(Cc3ccc(Cl)cc3)C(C)C2c2ccccc2)ccn1. The van der Waals surface area contributed by atoms with Crippen LogP contribution in [0.15, 0.2) is 84.2 Å². The molecule has 2 unspecified atom stereocenters. The summed E-state index contributed by atoms with van der Waals surface area (Å²) in [6, 6.07) is 20.7. The zero-order chi connectivity index (χ0) is 24.2. The zero-order valence-corrected chi connectivity index (χ0v) is 20.0. The smallest absolute Gasteiger partial charge is 0.296 e. The molecule has 7 heteroatoms. The van der Waals surface area contributed by atoms with Gasteiger partial charge in [-0.15, -0.1) is 0 Å². The predicted molar refractivity (Wildman–Crippen MR) is 133 cm³/mol. The Hall–Kier alpha value is -3.64. The molecule has 4 rings (SSSR count). The standard InChI is InChI=1S/C27H26ClN3O3/c1-17-24(20-7-5-4-6-8-20)25(18(2)31(17)16-19-9-11-21(28)12-10-19)26(32)27(33)30-22-13-14-29-23(15-22)34-3/h4-15,17,24H,16H2,1-3H3,(H,29,30,33). The maximum atomic E-state index is 13.5. The van der Waals surface area contributed by atoms with Gasteiger partial charge in [0.2, 0.25) is 11.7 Å². The van der Waals surface area contributed by atoms with Crippen molar-refractivity contribution in [2.45, 2.75) is 32.4 Å². The summed E-state index contributed by atoms with van der Waals surface area (Å²) >= 11 is 6.05. The van der Waals surface area contributed by atoms with Crippen molar-refractivity contribution in [3.63, 3.8) is 0 Å². The fraction of sp³-hybridized carbons (Fsp3) is 0.222. The Morgan fingerprint density at radius 1 is 1.09 bits per heavy atom. The molecular formula is C27H26ClN3O3. The number of rotatable bonds is 7. The summed E-state index contributed by atoms with van der Waals surface area (Å²) in [7, 11) is 1.49. The average Bonchev–Trinajstić information content (AvgIpc) is 3.10. The highest BCUT2D eigenvalue weighted by Crippen LogP contribution is 2.42. The van der Waals surface area contributed by atoms with E-state index in [9.17, 15) is 9.59 Å². The third kappa shape index (κ3) is 4.82. The Labute approximate surface area is 204 Å². The molecule has 0 saturated carbocycles. The molecule has 1 aromatic heterocycles. The first kappa shape index (κ1) is 23.5. The van der Waals surface area contributed by atoms with E-state index in [2.05, 4.69) is 22.1 Å². The summed E-state index contributed by atoms with van der Waals surface area (Å²) in [5, 5.41) is 3.37. The normalized spacial score (nSPS) is 17.6. The molecule has 6 nitrogen and oxygen atoms in total. The van der Waals surface area contributed by atoms with Crippen LogP contribution in [0.1, 0.15) is 30.9 Å². The molecule has 0 saturated heterocycles. The van der Waals surface area contributed by atoms with Gasteiger partial charge in [-0.1, -0.05) is 54.1 Å². The average molecular weight is 476 g/mol. The number of nitrogens with one attached hydrogen (secondary N) is 1. The fourth-order valence-electron chi connectivity index (χ4n) is 4.48. The summed E-state index contributed by atoms with van der Waals surface area (Å²) in [5.41, 5.74) is 3.82. The highest BCUT2D eigenvalue weighted by molar-refractivity contribution is 6.47. The van der Waals surface area contributed by atoms with E-state index in [1.54, 1.807) is 12.1 Å². The minimum absolute atomic E-state index is 0.0224. The number of carbonyl (C=O) groups is 2. The summed E-state index contributed by atoms with van der Waals surface area (Å²) in [6.07, 6.45) is 1.52. The van der Waals surface area contributed by atoms with Gasteiger partial charge in [-0.05, 0) is 43.2 Å². The number of nitrogens with zero attached hydrogens (tertiary/aromatic N) is 2. The number of anilines is 1. The van der Waals surface area contributed by atoms with Gasteiger partial charge in [0.05, 0.1) is 7.11 Å². The van der Waals surface area contributed by atoms with Gasteiger partial charge in [0.15, 0.2) is 0 Å². The summed E-state index contributed by atoms with van der Waals surface area (Å²) in [4.78, 5) is 32.8. The molecule has 0 spiro atoms. The molecule has 1 amide bonds. The molecule has 1 aliphatic heterocycles. The Bertz CT molecular complexity index is 1230. The molecule has 0 aliphatic carbocycles. The van der Waals surface area contributed by atoms with Crippen LogP contribution in [0, 0.1) is 0 Å². The van der Waals surface area contributed by atoms with E-state index in [1.807, 2.05) is 61.5 Å². The number of hydrogen-bond donors (Lipinski definition) is 1. The Balaban J connectivity index is 1.67. The van der Waals surface area contributed by atoms with Crippen LogP contribution in [0.2, 0.25) is 5.02 Å². The van der Waals surface area contributed by atoms with E-state index in [-0.39, 0.29) is 12.0 Å². The Morgan fingerprint density at radius 2 is 1.79 bits per heavy atom. The summed E-state index contributed by atoms with van der Waals surface area (Å²) in [6.45, 7) is 4.60. The van der Waals surface area contributed by atoms with Crippen LogP contribution in [-0.4, -0.2) is 34.7 Å². The first-order valence-corrected chi connectivity index (χ1v) is 11.4. The van der Waals surface area contributed by atoms with Crippen molar-refractivity contribution in [3.8, 4) is 5.88 Å². The quantitative estimate of drug-likeness (QED) is 0.475. The topological polar surface area (TPSA) is 71.5 Å². The van der Waals surface area contributed by atoms with Gasteiger partial charge in [-0.2, -0.15) is 0 Å². The van der Waals surface area contributed by atoms with Crippen molar-refractivity contribution in [3.05, 3.63) is 100 Å². The lowest BCUT2D eigenvalue weighted by atomic mass is 9.85. The number of benzene rings is 2. The number of halogens is 1. The van der Waals surface area contributed by atoms with Gasteiger partial charge < -0.3 is 15.0 Å². The van der Waals surface area contributed by atoms with Gasteiger partial charge in [0.25, 0.3) is 5.91 Å². The van der Waals surface area contributed by atoms with Crippen LogP contribution in [0.5, 0.6) is 5.88 Å². The lowest BCUT2D eigenvalue weighted by Crippen LogP contribution is -2.31. The van der Waals surface area contributed by atoms with Crippen molar-refractivity contribution in [2.24, 2.45) is 0 Å². The number of ether oxygens (including phenoxy) is 1. The van der Waals surface area contributed by atoms with E-state index in [1.165, 1.54) is 13.3 Å². The number of carbonyl (C=O) groups excluding carboxylic acids is 2. The highest BCUT2D eigenvalue weighted by Gasteiger charge is 2.42. The van der Waals surface area contributed by atoms with Crippen LogP contribution < -0.4 is 10.1 Å². The highest BCUT2D eigenvalue weighted by atomic mass is 35.5. The van der Waals surface area contributed by atoms with Crippen molar-refractivity contribution in [1.82, 2.24) is 9.88 Å². The van der Waals surface area contributed by atoms with Crippen molar-refractivity contribution < 1.29 is 14.3 Å². The van der Waals surface area contributed by atoms with Crippen LogP contribution in [0.4, 0.5) is 5.69 Å². The number of ketones is 1. The summed E-state index contributed by atoms with van der Waals surface area (Å²) < 4.78 is 5.11. The molecule has 2 heterocycles.